The lowest BCUT2D eigenvalue weighted by molar-refractivity contribution is -0.201. The predicted octanol–water partition coefficient (Wildman–Crippen LogP) is 1.98. The number of urea groups is 1. The number of carbonyl (C=O) groups is 1. The zero-order valence-electron chi connectivity index (χ0n) is 12.8. The highest BCUT2D eigenvalue weighted by atomic mass is 16.3. The van der Waals surface area contributed by atoms with Crippen molar-refractivity contribution in [1.82, 2.24) is 10.2 Å². The van der Waals surface area contributed by atoms with Gasteiger partial charge in [-0.2, -0.15) is 0 Å². The molecule has 6 rings (SSSR count). The fourth-order valence-electron chi connectivity index (χ4n) is 6.68. The van der Waals surface area contributed by atoms with Crippen LogP contribution in [0.15, 0.2) is 0 Å². The van der Waals surface area contributed by atoms with Crippen molar-refractivity contribution in [3.8, 4) is 0 Å². The first-order valence-corrected chi connectivity index (χ1v) is 8.85. The van der Waals surface area contributed by atoms with Gasteiger partial charge in [0, 0.05) is 18.6 Å². The lowest BCUT2D eigenvalue weighted by Crippen LogP contribution is -2.67. The first kappa shape index (κ1) is 12.7. The van der Waals surface area contributed by atoms with E-state index in [0.717, 1.165) is 25.3 Å². The molecule has 2 amide bonds. The Balaban J connectivity index is 1.51. The summed E-state index contributed by atoms with van der Waals surface area (Å²) in [5.41, 5.74) is -0.393. The van der Waals surface area contributed by atoms with Gasteiger partial charge >= 0.3 is 6.03 Å². The Bertz CT molecular complexity index is 491. The average Bonchev–Trinajstić information content (AvgIpc) is 3.14. The molecule has 2 N–H and O–H groups in total. The van der Waals surface area contributed by atoms with Crippen molar-refractivity contribution < 1.29 is 9.90 Å². The van der Waals surface area contributed by atoms with Gasteiger partial charge in [0.05, 0.1) is 5.60 Å². The van der Waals surface area contributed by atoms with Crippen LogP contribution in [0.25, 0.3) is 0 Å². The first-order chi connectivity index (χ1) is 10.0. The molecule has 1 aliphatic heterocycles. The van der Waals surface area contributed by atoms with Crippen LogP contribution >= 0.6 is 0 Å². The Morgan fingerprint density at radius 2 is 2.05 bits per heavy atom. The number of hydrogen-bond acceptors (Lipinski definition) is 2. The van der Waals surface area contributed by atoms with E-state index in [1.165, 1.54) is 25.7 Å². The van der Waals surface area contributed by atoms with Gasteiger partial charge in [0.1, 0.15) is 0 Å². The number of aliphatic hydroxyl groups is 1. The number of hydrogen-bond donors (Lipinski definition) is 2. The van der Waals surface area contributed by atoms with Crippen LogP contribution in [0.2, 0.25) is 0 Å². The van der Waals surface area contributed by atoms with Crippen LogP contribution < -0.4 is 5.32 Å². The largest absolute Gasteiger partial charge is 0.390 e. The van der Waals surface area contributed by atoms with Crippen molar-refractivity contribution in [1.29, 1.82) is 0 Å². The van der Waals surface area contributed by atoms with Gasteiger partial charge in [0.2, 0.25) is 0 Å². The fourth-order valence-corrected chi connectivity index (χ4v) is 6.68. The van der Waals surface area contributed by atoms with Crippen LogP contribution in [0, 0.1) is 29.6 Å². The minimum absolute atomic E-state index is 0.140. The summed E-state index contributed by atoms with van der Waals surface area (Å²) in [5, 5.41) is 14.3. The van der Waals surface area contributed by atoms with Crippen molar-refractivity contribution in [2.75, 3.05) is 6.54 Å². The topological polar surface area (TPSA) is 52.6 Å². The summed E-state index contributed by atoms with van der Waals surface area (Å²) in [6.07, 6.45) is 7.07. The summed E-state index contributed by atoms with van der Waals surface area (Å²) >= 11 is 0. The fraction of sp³-hybridized carbons (Fsp3) is 0.941. The lowest BCUT2D eigenvalue weighted by Gasteiger charge is -2.63. The molecule has 0 aromatic heterocycles. The van der Waals surface area contributed by atoms with Crippen LogP contribution in [0.3, 0.4) is 0 Å². The van der Waals surface area contributed by atoms with E-state index < -0.39 is 5.60 Å². The van der Waals surface area contributed by atoms with Gasteiger partial charge in [-0.3, -0.25) is 0 Å². The Hall–Kier alpha value is -0.770. The molecule has 7 atom stereocenters. The SMILES string of the molecule is CC1CN(C2C3CC4CC2C(C2CC2)C(O)(C4)C3)C(=O)N1. The highest BCUT2D eigenvalue weighted by Crippen LogP contribution is 2.64. The smallest absolute Gasteiger partial charge is 0.318 e. The van der Waals surface area contributed by atoms with E-state index in [4.69, 9.17) is 0 Å². The Labute approximate surface area is 126 Å². The molecule has 6 aliphatic rings. The molecular weight excluding hydrogens is 264 g/mol. The minimum atomic E-state index is -0.393. The van der Waals surface area contributed by atoms with Gasteiger partial charge in [0.15, 0.2) is 0 Å². The highest BCUT2D eigenvalue weighted by Gasteiger charge is 2.64. The van der Waals surface area contributed by atoms with Gasteiger partial charge in [-0.05, 0) is 75.0 Å². The van der Waals surface area contributed by atoms with E-state index in [9.17, 15) is 9.90 Å². The Morgan fingerprint density at radius 3 is 2.71 bits per heavy atom. The molecule has 4 bridgehead atoms. The zero-order valence-corrected chi connectivity index (χ0v) is 12.8. The van der Waals surface area contributed by atoms with Crippen LogP contribution in [-0.4, -0.2) is 40.3 Å². The van der Waals surface area contributed by atoms with Gasteiger partial charge in [-0.1, -0.05) is 0 Å². The molecule has 7 unspecified atom stereocenters. The molecule has 4 nitrogen and oxygen atoms in total. The van der Waals surface area contributed by atoms with E-state index >= 15 is 0 Å². The standard InChI is InChI=1S/C17H26N2O2/c1-9-8-19(16(20)18-9)15-12-4-10-5-13(15)14(11-2-3-11)17(21,6-10)7-12/h9-15,21H,2-8H2,1H3,(H,18,20). The maximum atomic E-state index is 12.3. The third kappa shape index (κ3) is 1.68. The summed E-state index contributed by atoms with van der Waals surface area (Å²) in [6.45, 7) is 2.96. The van der Waals surface area contributed by atoms with Crippen LogP contribution in [0.1, 0.15) is 45.4 Å². The maximum Gasteiger partial charge on any atom is 0.318 e. The van der Waals surface area contributed by atoms with Crippen molar-refractivity contribution in [3.63, 3.8) is 0 Å². The van der Waals surface area contributed by atoms with Crippen LogP contribution in [-0.2, 0) is 0 Å². The molecular formula is C17H26N2O2. The number of rotatable bonds is 2. The predicted molar refractivity (Wildman–Crippen MR) is 78.6 cm³/mol. The minimum Gasteiger partial charge on any atom is -0.390 e. The number of carbonyl (C=O) groups excluding carboxylic acids is 1. The summed E-state index contributed by atoms with van der Waals surface area (Å²) in [7, 11) is 0. The van der Waals surface area contributed by atoms with Gasteiger partial charge in [0.25, 0.3) is 0 Å². The third-order valence-electron chi connectivity index (χ3n) is 7.09. The normalized spacial score (nSPS) is 55.1. The first-order valence-electron chi connectivity index (χ1n) is 8.85. The monoisotopic (exact) mass is 290 g/mol. The third-order valence-corrected chi connectivity index (χ3v) is 7.09. The Kier molecular flexibility index (Phi) is 2.40. The average molecular weight is 290 g/mol. The van der Waals surface area contributed by atoms with E-state index in [2.05, 4.69) is 17.1 Å². The maximum absolute atomic E-state index is 12.3. The molecule has 116 valence electrons. The molecule has 21 heavy (non-hydrogen) atoms. The van der Waals surface area contributed by atoms with Crippen molar-refractivity contribution in [2.24, 2.45) is 29.6 Å². The second-order valence-corrected chi connectivity index (χ2v) is 8.63. The molecule has 0 spiro atoms. The van der Waals surface area contributed by atoms with E-state index in [0.29, 0.717) is 29.7 Å². The van der Waals surface area contributed by atoms with Crippen LogP contribution in [0.4, 0.5) is 4.79 Å². The molecule has 1 saturated heterocycles. The van der Waals surface area contributed by atoms with Gasteiger partial charge in [-0.15, -0.1) is 0 Å². The Morgan fingerprint density at radius 1 is 1.24 bits per heavy atom. The molecule has 4 heteroatoms. The second kappa shape index (κ2) is 3.95. The van der Waals surface area contributed by atoms with Gasteiger partial charge < -0.3 is 15.3 Å². The quantitative estimate of drug-likeness (QED) is 0.817. The van der Waals surface area contributed by atoms with E-state index in [1.807, 2.05) is 0 Å². The highest BCUT2D eigenvalue weighted by molar-refractivity contribution is 5.77. The molecule has 5 saturated carbocycles. The summed E-state index contributed by atoms with van der Waals surface area (Å²) in [6, 6.07) is 0.816. The van der Waals surface area contributed by atoms with Crippen molar-refractivity contribution in [2.45, 2.75) is 63.1 Å². The molecule has 6 fully saturated rings. The zero-order chi connectivity index (χ0) is 14.4. The molecule has 0 aromatic rings. The number of nitrogens with zero attached hydrogens (tertiary/aromatic N) is 1. The van der Waals surface area contributed by atoms with Crippen molar-refractivity contribution in [3.05, 3.63) is 0 Å². The number of amides is 2. The van der Waals surface area contributed by atoms with Gasteiger partial charge in [-0.25, -0.2) is 4.79 Å². The molecule has 1 heterocycles. The van der Waals surface area contributed by atoms with E-state index in [1.54, 1.807) is 0 Å². The summed E-state index contributed by atoms with van der Waals surface area (Å²) in [4.78, 5) is 14.5. The summed E-state index contributed by atoms with van der Waals surface area (Å²) < 4.78 is 0. The lowest BCUT2D eigenvalue weighted by atomic mass is 9.46. The van der Waals surface area contributed by atoms with Crippen molar-refractivity contribution >= 4 is 6.03 Å². The second-order valence-electron chi connectivity index (χ2n) is 8.63. The number of nitrogens with one attached hydrogen (secondary N) is 1. The van der Waals surface area contributed by atoms with E-state index in [-0.39, 0.29) is 12.1 Å². The molecule has 0 radical (unpaired) electrons. The molecule has 5 aliphatic carbocycles. The van der Waals surface area contributed by atoms with Crippen LogP contribution in [0.5, 0.6) is 0 Å². The molecule has 0 aromatic carbocycles. The summed E-state index contributed by atoms with van der Waals surface area (Å²) in [5.74, 6) is 3.03.